The van der Waals surface area contributed by atoms with Crippen molar-refractivity contribution in [3.8, 4) is 0 Å². The zero-order valence-corrected chi connectivity index (χ0v) is 52.7. The van der Waals surface area contributed by atoms with Gasteiger partial charge in [-0.25, -0.2) is 4.79 Å². The molecule has 5 heterocycles. The van der Waals surface area contributed by atoms with Gasteiger partial charge in [0, 0.05) is 40.2 Å². The lowest BCUT2D eigenvalue weighted by molar-refractivity contribution is -0.385. The average molecular weight is 1290 g/mol. The maximum absolute atomic E-state index is 13.7. The molecule has 0 bridgehead atoms. The van der Waals surface area contributed by atoms with Crippen LogP contribution in [0, 0.1) is 22.7 Å². The van der Waals surface area contributed by atoms with E-state index < -0.39 is 206 Å². The van der Waals surface area contributed by atoms with Gasteiger partial charge in [0.25, 0.3) is 0 Å². The summed E-state index contributed by atoms with van der Waals surface area (Å²) in [5.74, 6) is -1.15. The molecule has 27 nitrogen and oxygen atoms in total. The van der Waals surface area contributed by atoms with Gasteiger partial charge in [-0.3, -0.25) is 0 Å². The van der Waals surface area contributed by atoms with Crippen LogP contribution in [-0.4, -0.2) is 278 Å². The first-order valence-corrected chi connectivity index (χ1v) is 31.9. The van der Waals surface area contributed by atoms with E-state index in [0.717, 1.165) is 5.56 Å². The Bertz CT molecular complexity index is 2550. The zero-order chi connectivity index (χ0) is 65.2. The molecule has 4 aliphatic carbocycles. The number of ether oxygens (including phenoxy) is 14. The fourth-order valence-corrected chi connectivity index (χ4v) is 17.1. The third-order valence-corrected chi connectivity index (χ3v) is 22.4. The van der Waals surface area contributed by atoms with E-state index in [1.54, 1.807) is 34.0 Å². The minimum Gasteiger partial charge on any atom is -0.458 e. The number of fused-ring (bicyclic) bond motifs is 5. The Morgan fingerprint density at radius 2 is 1.17 bits per heavy atom. The van der Waals surface area contributed by atoms with Crippen molar-refractivity contribution >= 4 is 12.0 Å². The summed E-state index contributed by atoms with van der Waals surface area (Å²) in [4.78, 5) is 13.7. The van der Waals surface area contributed by atoms with Crippen molar-refractivity contribution in [2.24, 2.45) is 22.7 Å². The molecule has 512 valence electrons. The number of hydrogen-bond donors (Lipinski definition) is 12. The van der Waals surface area contributed by atoms with Crippen LogP contribution in [0.25, 0.3) is 6.08 Å². The second kappa shape index (κ2) is 27.9. The van der Waals surface area contributed by atoms with Crippen LogP contribution < -0.4 is 0 Å². The average Bonchev–Trinajstić information content (AvgIpc) is 1.33. The minimum atomic E-state index is -1.91. The SMILES string of the molecule is CO[C@@H]1[C@@H](O)[C@H](O[C@@H]2[C@@H](C)O[C@@H](O[C@H]3[C@@H](OC)C[C@H](O[C@H]4CC[C@@]5(C)[C@@H](CC[C@]6(O)[C@@H]5C[C@@H](OC(=O)C=Cc5ccccc5)[C@@]5(C)[C@]6(O)CC[C@@]5(O)[C@H](C)O)C4)O[C@@H]3C)C[C@H]2OC)O[C@H](C)[C@H]1O[C@@H]1O[C@H](CO)[C@@H](O[C@@H]2O[C@H](CO)[C@@H](O)[C@H](O)[C@H]2O)[C@H](O)[C@H]1O. The number of esters is 1. The molecule has 1 aromatic carbocycles. The molecular weight excluding hydrogens is 1190 g/mol. The first-order chi connectivity index (χ1) is 42.6. The molecule has 5 aliphatic heterocycles. The van der Waals surface area contributed by atoms with E-state index in [4.69, 9.17) is 66.3 Å². The summed E-state index contributed by atoms with van der Waals surface area (Å²) in [6, 6.07) is 9.28. The molecule has 9 fully saturated rings. The Morgan fingerprint density at radius 3 is 1.78 bits per heavy atom. The smallest absolute Gasteiger partial charge is 0.331 e. The zero-order valence-electron chi connectivity index (χ0n) is 52.7. The molecule has 33 atom stereocenters. The number of benzene rings is 1. The molecule has 9 aliphatic rings. The van der Waals surface area contributed by atoms with Crippen LogP contribution in [0.1, 0.15) is 111 Å². The van der Waals surface area contributed by atoms with Crippen molar-refractivity contribution in [3.63, 3.8) is 0 Å². The highest BCUT2D eigenvalue weighted by Crippen LogP contribution is 2.72. The Labute approximate surface area is 524 Å². The van der Waals surface area contributed by atoms with Gasteiger partial charge in [-0.2, -0.15) is 0 Å². The normalized spacial score (nSPS) is 51.0. The van der Waals surface area contributed by atoms with Gasteiger partial charge in [-0.05, 0) is 108 Å². The molecule has 0 amide bonds. The van der Waals surface area contributed by atoms with Crippen LogP contribution >= 0.6 is 0 Å². The fourth-order valence-electron chi connectivity index (χ4n) is 17.1. The Hall–Kier alpha value is -2.57. The van der Waals surface area contributed by atoms with Crippen molar-refractivity contribution < 1.29 is 132 Å². The summed E-state index contributed by atoms with van der Waals surface area (Å²) in [6.45, 7) is 8.97. The highest BCUT2D eigenvalue weighted by atomic mass is 16.8. The summed E-state index contributed by atoms with van der Waals surface area (Å²) < 4.78 is 86.2. The molecule has 0 radical (unpaired) electrons. The molecule has 1 aromatic rings. The van der Waals surface area contributed by atoms with Crippen molar-refractivity contribution in [1.29, 1.82) is 0 Å². The summed E-state index contributed by atoms with van der Waals surface area (Å²) in [5.41, 5.74) is -6.81. The Kier molecular flexibility index (Phi) is 21.8. The van der Waals surface area contributed by atoms with Gasteiger partial charge in [-0.1, -0.05) is 44.2 Å². The van der Waals surface area contributed by atoms with Gasteiger partial charge in [0.1, 0.15) is 96.7 Å². The van der Waals surface area contributed by atoms with Gasteiger partial charge in [0.2, 0.25) is 0 Å². The Balaban J connectivity index is 0.729. The number of aliphatic hydroxyl groups is 12. The largest absolute Gasteiger partial charge is 0.458 e. The van der Waals surface area contributed by atoms with Crippen molar-refractivity contribution in [2.45, 2.75) is 282 Å². The van der Waals surface area contributed by atoms with Crippen LogP contribution in [0.4, 0.5) is 0 Å². The lowest BCUT2D eigenvalue weighted by Crippen LogP contribution is -2.79. The maximum Gasteiger partial charge on any atom is 0.331 e. The van der Waals surface area contributed by atoms with Gasteiger partial charge < -0.3 is 128 Å². The van der Waals surface area contributed by atoms with Crippen LogP contribution in [-0.2, 0) is 71.1 Å². The topological polar surface area (TPSA) is 389 Å². The molecule has 0 unspecified atom stereocenters. The number of carbonyl (C=O) groups excluding carboxylic acids is 1. The second-order valence-electron chi connectivity index (χ2n) is 27.1. The lowest BCUT2D eigenvalue weighted by Gasteiger charge is -2.69. The van der Waals surface area contributed by atoms with E-state index in [0.29, 0.717) is 32.1 Å². The van der Waals surface area contributed by atoms with Crippen molar-refractivity contribution in [1.82, 2.24) is 0 Å². The molecule has 27 heteroatoms. The number of carbonyl (C=O) groups is 1. The van der Waals surface area contributed by atoms with Gasteiger partial charge in [0.05, 0.1) is 67.0 Å². The maximum atomic E-state index is 13.7. The highest BCUT2D eigenvalue weighted by molar-refractivity contribution is 5.87. The summed E-state index contributed by atoms with van der Waals surface area (Å²) >= 11 is 0. The predicted octanol–water partition coefficient (Wildman–Crippen LogP) is -0.809. The molecule has 4 saturated carbocycles. The van der Waals surface area contributed by atoms with Gasteiger partial charge >= 0.3 is 5.97 Å². The molecular formula is C63H98O27. The van der Waals surface area contributed by atoms with Crippen LogP contribution in [0.3, 0.4) is 0 Å². The van der Waals surface area contributed by atoms with E-state index in [2.05, 4.69) is 6.92 Å². The molecule has 5 saturated heterocycles. The van der Waals surface area contributed by atoms with Crippen LogP contribution in [0.15, 0.2) is 36.4 Å². The van der Waals surface area contributed by atoms with E-state index in [9.17, 15) is 66.1 Å². The summed E-state index contributed by atoms with van der Waals surface area (Å²) in [7, 11) is 4.43. The van der Waals surface area contributed by atoms with Crippen molar-refractivity contribution in [2.75, 3.05) is 34.5 Å². The van der Waals surface area contributed by atoms with E-state index in [1.807, 2.05) is 37.3 Å². The lowest BCUT2D eigenvalue weighted by atomic mass is 9.40. The number of methoxy groups -OCH3 is 3. The predicted molar refractivity (Wildman–Crippen MR) is 309 cm³/mol. The Morgan fingerprint density at radius 1 is 0.600 bits per heavy atom. The third-order valence-electron chi connectivity index (χ3n) is 22.4. The van der Waals surface area contributed by atoms with Gasteiger partial charge in [-0.15, -0.1) is 0 Å². The minimum absolute atomic E-state index is 0.000454. The van der Waals surface area contributed by atoms with Crippen LogP contribution in [0.5, 0.6) is 0 Å². The molecule has 12 N–H and O–H groups in total. The standard InChI is InChI=1S/C63H98O27/c1-29-51(87-44-25-37(78-8)52(30(2)81-44)88-58-50(73)55(79-9)53(31(3)82-58)89-57-49(72)47(70)54(39(28-65)85-57)90-56-48(71)46(69)45(68)38(27-64)84-56)36(77-7)24-43(80-29)83-35-18-19-59(5)34(23-35)17-20-62(75)40(59)26-41(86-42(67)16-15-33-13-11-10-12-14-33)60(6)61(74,32(4)66)21-22-63(60,62)76/h10-16,29-32,34-41,43-58,64-66,68-76H,17-28H2,1-9H3/t29-,30-,31-,32+,34+,35+,36+,37-,38-,39-,40-,41-,43+,44+,45-,46+,47-,48-,49-,50-,51-,52-,53-,54-,55-,56+,57+,58+,59+,60-,61-,62+,63-/m1/s1. The van der Waals surface area contributed by atoms with Gasteiger partial charge in [0.15, 0.2) is 31.5 Å². The molecule has 0 aromatic heterocycles. The number of hydrogen-bond acceptors (Lipinski definition) is 27. The van der Waals surface area contributed by atoms with Crippen LogP contribution in [0.2, 0.25) is 0 Å². The monoisotopic (exact) mass is 1290 g/mol. The third kappa shape index (κ3) is 12.5. The first kappa shape index (κ1) is 70.2. The molecule has 90 heavy (non-hydrogen) atoms. The fraction of sp³-hybridized carbons (Fsp3) is 0.857. The van der Waals surface area contributed by atoms with Crippen molar-refractivity contribution in [3.05, 3.63) is 42.0 Å². The van der Waals surface area contributed by atoms with E-state index >= 15 is 0 Å². The molecule has 10 rings (SSSR count). The molecule has 0 spiro atoms. The number of aliphatic hydroxyl groups excluding tert-OH is 9. The van der Waals surface area contributed by atoms with E-state index in [-0.39, 0.29) is 44.1 Å². The van der Waals surface area contributed by atoms with E-state index in [1.165, 1.54) is 27.2 Å². The summed E-state index contributed by atoms with van der Waals surface area (Å²) in [5, 5.41) is 135. The first-order valence-electron chi connectivity index (χ1n) is 31.9. The quantitative estimate of drug-likeness (QED) is 0.0458. The summed E-state index contributed by atoms with van der Waals surface area (Å²) in [6.07, 6.45) is -24.5. The second-order valence-corrected chi connectivity index (χ2v) is 27.1. The highest BCUT2D eigenvalue weighted by Gasteiger charge is 2.81. The number of rotatable bonds is 19.